The van der Waals surface area contributed by atoms with Crippen LogP contribution in [-0.2, 0) is 60.2 Å². The highest BCUT2D eigenvalue weighted by Crippen LogP contribution is 2.58. The molecule has 2 aromatic carbocycles. The molecular weight excluding hydrogens is 782 g/mol. The van der Waals surface area contributed by atoms with E-state index < -0.39 is 126 Å². The summed E-state index contributed by atoms with van der Waals surface area (Å²) in [5.74, 6) is -9.37. The summed E-state index contributed by atoms with van der Waals surface area (Å²) in [5.41, 5.74) is -38.2. The number of hydrogen-bond acceptors (Lipinski definition) is 1. The molecule has 0 aromatic heterocycles. The minimum absolute atomic E-state index is 4.69. The normalized spacial score (nSPS) is 14.7. The highest BCUT2D eigenvalue weighted by atomic mass is 32.2. The molecule has 48 heavy (non-hydrogen) atoms. The average molecular weight is 782 g/mol. The zero-order valence-corrected chi connectivity index (χ0v) is 21.5. The molecule has 0 saturated carbocycles. The van der Waals surface area contributed by atoms with Gasteiger partial charge in [0, 0.05) is 0 Å². The van der Waals surface area contributed by atoms with Gasteiger partial charge in [0.05, 0.1) is 42.8 Å². The predicted molar refractivity (Wildman–Crippen MR) is 97.5 cm³/mol. The summed E-state index contributed by atoms with van der Waals surface area (Å²) in [6.45, 7) is 0. The van der Waals surface area contributed by atoms with Crippen LogP contribution in [0.25, 0.3) is 0 Å². The molecule has 0 heterocycles. The van der Waals surface area contributed by atoms with Crippen molar-refractivity contribution in [3.8, 4) is 0 Å². The van der Waals surface area contributed by atoms with Crippen LogP contribution in [0.2, 0.25) is 0 Å². The number of alkyl halides is 24. The minimum atomic E-state index is -7.64. The van der Waals surface area contributed by atoms with E-state index in [0.29, 0.717) is 0 Å². The quantitative estimate of drug-likeness (QED) is 0.277. The van der Waals surface area contributed by atoms with Crippen LogP contribution < -0.4 is 0 Å². The number of hydrogen-bond donors (Lipinski definition) is 0. The maximum absolute atomic E-state index is 14.5. The monoisotopic (exact) mass is 782 g/mol. The Hall–Kier alpha value is -3.23. The summed E-state index contributed by atoms with van der Waals surface area (Å²) in [4.78, 5) is -9.44. The average Bonchev–Trinajstić information content (AvgIpc) is 2.76. The number of rotatable bonds is 2. The van der Waals surface area contributed by atoms with Crippen molar-refractivity contribution in [1.82, 2.24) is 0 Å². The lowest BCUT2D eigenvalue weighted by Crippen LogP contribution is -2.33. The highest BCUT2D eigenvalue weighted by molar-refractivity contribution is 7.85. The largest absolute Gasteiger partial charge is 0.419 e. The molecule has 0 fully saturated rings. The lowest BCUT2D eigenvalue weighted by molar-refractivity contribution is -0.178. The Morgan fingerprint density at radius 3 is 0.500 bits per heavy atom. The van der Waals surface area contributed by atoms with E-state index >= 15 is 0 Å². The van der Waals surface area contributed by atoms with E-state index in [9.17, 15) is 118 Å². The van der Waals surface area contributed by atoms with Crippen LogP contribution in [0.5, 0.6) is 0 Å². The van der Waals surface area contributed by atoms with Gasteiger partial charge < -0.3 is 0 Å². The van der Waals surface area contributed by atoms with Gasteiger partial charge in [-0.25, -0.2) is 13.0 Å². The van der Waals surface area contributed by atoms with Crippen molar-refractivity contribution in [2.24, 2.45) is 0 Å². The van der Waals surface area contributed by atoms with Gasteiger partial charge >= 0.3 is 49.4 Å². The van der Waals surface area contributed by atoms with Gasteiger partial charge in [-0.05, 0) is 0 Å². The summed E-state index contributed by atoms with van der Waals surface area (Å²) in [5, 5.41) is 0. The maximum atomic E-state index is 14.5. The molecule has 2 rings (SSSR count). The molecule has 0 aliphatic carbocycles. The molecule has 0 unspecified atom stereocenters. The van der Waals surface area contributed by atoms with Crippen molar-refractivity contribution < 1.29 is 118 Å². The van der Waals surface area contributed by atoms with E-state index in [1.54, 1.807) is 0 Å². The van der Waals surface area contributed by atoms with Crippen LogP contribution in [0.3, 0.4) is 0 Å². The Morgan fingerprint density at radius 2 is 0.396 bits per heavy atom. The summed E-state index contributed by atoms with van der Waals surface area (Å²) >= 11 is 0. The van der Waals surface area contributed by atoms with E-state index in [0.717, 1.165) is 0 Å². The van der Waals surface area contributed by atoms with Gasteiger partial charge in [-0.3, -0.25) is 0 Å². The zero-order valence-electron chi connectivity index (χ0n) is 20.6. The molecule has 0 saturated heterocycles. The first kappa shape index (κ1) is 40.9. The Bertz CT molecular complexity index is 1390. The van der Waals surface area contributed by atoms with Crippen LogP contribution in [0.4, 0.5) is 114 Å². The van der Waals surface area contributed by atoms with Crippen LogP contribution in [0, 0.1) is 11.6 Å². The lowest BCUT2D eigenvalue weighted by atomic mass is 9.94. The first-order valence-corrected chi connectivity index (χ1v) is 11.6. The fourth-order valence-electron chi connectivity index (χ4n) is 4.01. The van der Waals surface area contributed by atoms with Gasteiger partial charge in [0.15, 0.2) is 0 Å². The molecular formula is C20F26OS. The van der Waals surface area contributed by atoms with E-state index in [2.05, 4.69) is 0 Å². The molecule has 0 N–H and O–H groups in total. The zero-order chi connectivity index (χ0) is 38.5. The lowest BCUT2D eigenvalue weighted by Gasteiger charge is -2.30. The fraction of sp³-hybridized carbons (Fsp3) is 0.400. The third kappa shape index (κ3) is 7.35. The Morgan fingerprint density at radius 1 is 0.271 bits per heavy atom. The first-order valence-electron chi connectivity index (χ1n) is 10.5. The van der Waals surface area contributed by atoms with Crippen LogP contribution in [-0.4, -0.2) is 4.21 Å². The van der Waals surface area contributed by atoms with Crippen molar-refractivity contribution in [3.63, 3.8) is 0 Å². The van der Waals surface area contributed by atoms with Crippen LogP contribution in [0.15, 0.2) is 9.79 Å². The number of benzene rings is 2. The summed E-state index contributed by atoms with van der Waals surface area (Å²) < 4.78 is 370. The molecule has 0 amide bonds. The van der Waals surface area contributed by atoms with Gasteiger partial charge in [0.25, 0.3) is 0 Å². The summed E-state index contributed by atoms with van der Waals surface area (Å²) in [7, 11) is -6.69. The molecule has 1 nitrogen and oxygen atoms in total. The van der Waals surface area contributed by atoms with E-state index in [1.807, 2.05) is 0 Å². The molecule has 0 aliphatic rings. The molecule has 0 aliphatic heterocycles. The van der Waals surface area contributed by atoms with Gasteiger partial charge in [0.1, 0.15) is 33.9 Å². The molecule has 28 heteroatoms. The third-order valence-electron chi connectivity index (χ3n) is 5.42. The van der Waals surface area contributed by atoms with Gasteiger partial charge in [-0.2, -0.15) is 105 Å². The van der Waals surface area contributed by atoms with Gasteiger partial charge in [-0.15, -0.1) is 0 Å². The van der Waals surface area contributed by atoms with Crippen molar-refractivity contribution in [1.29, 1.82) is 0 Å². The van der Waals surface area contributed by atoms with Gasteiger partial charge in [-0.1, -0.05) is 0 Å². The molecule has 274 valence electrons. The minimum Gasteiger partial charge on any atom is -0.249 e. The first-order chi connectivity index (χ1) is 20.7. The SMILES string of the molecule is O=S(c1c(C(F)(F)F)c(C(F)(F)F)c(F)c(C(F)(F)F)c1C(F)(F)F)c1c(C(F)(F)F)c(C(F)(F)F)c(F)c(C(F)(F)F)c1C(F)(F)F. The Kier molecular flexibility index (Phi) is 9.73. The van der Waals surface area contributed by atoms with E-state index in [1.165, 1.54) is 0 Å². The standard InChI is InChI=1S/C20F26OS/c21-9-1(13(23,24)25)5(17(35,36)37)11(6(18(38,39)40)2(9)14(26,27)28)48(47)12-7(19(41,42)43)3(15(29,30)31)10(22)4(16(32,33)34)8(12)20(44,45)46. The number of halogens is 26. The molecule has 0 spiro atoms. The highest BCUT2D eigenvalue weighted by Gasteiger charge is 2.61. The van der Waals surface area contributed by atoms with Crippen LogP contribution in [0.1, 0.15) is 44.5 Å². The van der Waals surface area contributed by atoms with Gasteiger partial charge in [0.2, 0.25) is 0 Å². The second-order valence-corrected chi connectivity index (χ2v) is 9.89. The van der Waals surface area contributed by atoms with E-state index in [4.69, 9.17) is 0 Å². The van der Waals surface area contributed by atoms with Crippen LogP contribution >= 0.6 is 0 Å². The molecule has 0 bridgehead atoms. The van der Waals surface area contributed by atoms with Crippen molar-refractivity contribution in [3.05, 3.63) is 56.1 Å². The topological polar surface area (TPSA) is 17.1 Å². The molecule has 0 radical (unpaired) electrons. The smallest absolute Gasteiger partial charge is 0.249 e. The van der Waals surface area contributed by atoms with Crippen molar-refractivity contribution >= 4 is 10.8 Å². The van der Waals surface area contributed by atoms with E-state index in [-0.39, 0.29) is 0 Å². The third-order valence-corrected chi connectivity index (χ3v) is 6.98. The predicted octanol–water partition coefficient (Wildman–Crippen LogP) is 11.3. The van der Waals surface area contributed by atoms with Crippen molar-refractivity contribution in [2.45, 2.75) is 59.2 Å². The molecule has 2 aromatic rings. The fourth-order valence-corrected chi connectivity index (χ4v) is 5.83. The second-order valence-electron chi connectivity index (χ2n) is 8.54. The Labute approximate surface area is 245 Å². The summed E-state index contributed by atoms with van der Waals surface area (Å²) in [6.07, 6.45) is -60.4. The maximum Gasteiger partial charge on any atom is 0.419 e. The Balaban J connectivity index is 3.86. The molecule has 0 atom stereocenters. The summed E-state index contributed by atoms with van der Waals surface area (Å²) in [6, 6.07) is 0. The second kappa shape index (κ2) is 11.4. The van der Waals surface area contributed by atoms with Crippen molar-refractivity contribution in [2.75, 3.05) is 0 Å².